The minimum absolute atomic E-state index is 0.202. The Kier molecular flexibility index (Phi) is 4.06. The van der Waals surface area contributed by atoms with E-state index in [1.165, 1.54) is 12.3 Å². The van der Waals surface area contributed by atoms with Crippen LogP contribution in [0.4, 0.5) is 0 Å². The molecule has 1 atom stereocenters. The number of imidazole rings is 1. The molecule has 104 valence electrons. The third-order valence-electron chi connectivity index (χ3n) is 2.56. The maximum Gasteiger partial charge on any atom is 0.328 e. The Labute approximate surface area is 113 Å². The molecular formula is C12H12N4O4. The summed E-state index contributed by atoms with van der Waals surface area (Å²) in [4.78, 5) is 30.4. The Bertz CT molecular complexity index is 594. The van der Waals surface area contributed by atoms with Crippen molar-refractivity contribution in [3.8, 4) is 5.82 Å². The summed E-state index contributed by atoms with van der Waals surface area (Å²) >= 11 is 0. The van der Waals surface area contributed by atoms with E-state index < -0.39 is 24.5 Å². The molecule has 0 aliphatic rings. The van der Waals surface area contributed by atoms with E-state index in [0.29, 0.717) is 5.82 Å². The first kappa shape index (κ1) is 13.7. The van der Waals surface area contributed by atoms with E-state index in [4.69, 9.17) is 10.2 Å². The Hall–Kier alpha value is -2.74. The van der Waals surface area contributed by atoms with E-state index in [2.05, 4.69) is 15.3 Å². The molecular weight excluding hydrogens is 264 g/mol. The fraction of sp³-hybridized carbons (Fsp3) is 0.167. The number of hydrogen-bond acceptors (Lipinski definition) is 5. The zero-order valence-electron chi connectivity index (χ0n) is 10.3. The van der Waals surface area contributed by atoms with Gasteiger partial charge in [-0.3, -0.25) is 9.36 Å². The molecule has 2 aromatic rings. The molecule has 2 aromatic heterocycles. The van der Waals surface area contributed by atoms with Crippen LogP contribution >= 0.6 is 0 Å². The Morgan fingerprint density at radius 3 is 2.70 bits per heavy atom. The third kappa shape index (κ3) is 2.98. The largest absolute Gasteiger partial charge is 0.480 e. The Balaban J connectivity index is 2.10. The number of carboxylic acid groups (broad SMARTS) is 1. The highest BCUT2D eigenvalue weighted by Crippen LogP contribution is 2.05. The molecule has 0 aliphatic heterocycles. The highest BCUT2D eigenvalue weighted by molar-refractivity contribution is 5.96. The van der Waals surface area contributed by atoms with Gasteiger partial charge in [-0.25, -0.2) is 14.8 Å². The second kappa shape index (κ2) is 5.93. The predicted octanol–water partition coefficient (Wildman–Crippen LogP) is -0.557. The molecule has 3 N–H and O–H groups in total. The molecule has 0 radical (unpaired) electrons. The van der Waals surface area contributed by atoms with E-state index in [1.54, 1.807) is 29.4 Å². The van der Waals surface area contributed by atoms with Crippen LogP contribution in [0, 0.1) is 0 Å². The number of amides is 1. The summed E-state index contributed by atoms with van der Waals surface area (Å²) in [6.45, 7) is -0.679. The molecule has 2 rings (SSSR count). The van der Waals surface area contributed by atoms with Crippen molar-refractivity contribution in [1.29, 1.82) is 0 Å². The number of hydrogen-bond donors (Lipinski definition) is 3. The van der Waals surface area contributed by atoms with E-state index in [-0.39, 0.29) is 5.56 Å². The normalized spacial score (nSPS) is 11.8. The second-order valence-corrected chi connectivity index (χ2v) is 3.92. The second-order valence-electron chi connectivity index (χ2n) is 3.92. The van der Waals surface area contributed by atoms with Gasteiger partial charge in [0.05, 0.1) is 12.2 Å². The number of aliphatic carboxylic acids is 1. The van der Waals surface area contributed by atoms with Crippen LogP contribution in [0.2, 0.25) is 0 Å². The van der Waals surface area contributed by atoms with Gasteiger partial charge in [-0.2, -0.15) is 0 Å². The summed E-state index contributed by atoms with van der Waals surface area (Å²) in [5.74, 6) is -1.34. The number of aromatic nitrogens is 3. The molecule has 0 spiro atoms. The molecule has 0 aliphatic carbocycles. The van der Waals surface area contributed by atoms with E-state index >= 15 is 0 Å². The lowest BCUT2D eigenvalue weighted by Crippen LogP contribution is -2.43. The summed E-state index contributed by atoms with van der Waals surface area (Å²) in [7, 11) is 0. The summed E-state index contributed by atoms with van der Waals surface area (Å²) in [6, 6.07) is 1.77. The molecule has 8 heteroatoms. The van der Waals surface area contributed by atoms with Crippen LogP contribution in [0.5, 0.6) is 0 Å². The van der Waals surface area contributed by atoms with Gasteiger partial charge in [0, 0.05) is 18.6 Å². The average molecular weight is 276 g/mol. The number of aliphatic hydroxyl groups is 1. The fourth-order valence-corrected chi connectivity index (χ4v) is 1.49. The van der Waals surface area contributed by atoms with Crippen LogP contribution < -0.4 is 5.32 Å². The summed E-state index contributed by atoms with van der Waals surface area (Å²) < 4.78 is 1.66. The zero-order chi connectivity index (χ0) is 14.5. The van der Waals surface area contributed by atoms with Gasteiger partial charge in [0.15, 0.2) is 6.04 Å². The number of nitrogens with one attached hydrogen (secondary N) is 1. The smallest absolute Gasteiger partial charge is 0.328 e. The highest BCUT2D eigenvalue weighted by atomic mass is 16.4. The number of nitrogens with zero attached hydrogens (tertiary/aromatic N) is 3. The van der Waals surface area contributed by atoms with E-state index in [0.717, 1.165) is 0 Å². The lowest BCUT2D eigenvalue weighted by atomic mass is 10.2. The summed E-state index contributed by atoms with van der Waals surface area (Å²) in [5, 5.41) is 19.8. The minimum Gasteiger partial charge on any atom is -0.480 e. The Morgan fingerprint density at radius 2 is 2.20 bits per heavy atom. The standard InChI is InChI=1S/C12H12N4O4/c17-6-9(12(19)20)15-11(18)8-1-2-10(14-5-8)16-4-3-13-7-16/h1-5,7,9,17H,6H2,(H,15,18)(H,19,20). The number of carboxylic acids is 1. The van der Waals surface area contributed by atoms with Gasteiger partial charge in [-0.05, 0) is 12.1 Å². The van der Waals surface area contributed by atoms with Crippen LogP contribution in [0.15, 0.2) is 37.1 Å². The predicted molar refractivity (Wildman–Crippen MR) is 67.3 cm³/mol. The minimum atomic E-state index is -1.34. The van der Waals surface area contributed by atoms with Gasteiger partial charge in [-0.1, -0.05) is 0 Å². The van der Waals surface area contributed by atoms with Crippen LogP contribution in [0.1, 0.15) is 10.4 Å². The molecule has 8 nitrogen and oxygen atoms in total. The Morgan fingerprint density at radius 1 is 1.40 bits per heavy atom. The molecule has 1 unspecified atom stereocenters. The molecule has 0 aromatic carbocycles. The van der Waals surface area contributed by atoms with Crippen molar-refractivity contribution in [1.82, 2.24) is 19.9 Å². The first-order valence-electron chi connectivity index (χ1n) is 5.70. The molecule has 20 heavy (non-hydrogen) atoms. The lowest BCUT2D eigenvalue weighted by molar-refractivity contribution is -0.140. The molecule has 2 heterocycles. The van der Waals surface area contributed by atoms with Crippen molar-refractivity contribution in [3.05, 3.63) is 42.6 Å². The van der Waals surface area contributed by atoms with Crippen molar-refractivity contribution >= 4 is 11.9 Å². The van der Waals surface area contributed by atoms with Gasteiger partial charge >= 0.3 is 5.97 Å². The van der Waals surface area contributed by atoms with E-state index in [1.807, 2.05) is 0 Å². The van der Waals surface area contributed by atoms with Crippen LogP contribution in [-0.2, 0) is 4.79 Å². The monoisotopic (exact) mass is 276 g/mol. The zero-order valence-corrected chi connectivity index (χ0v) is 10.3. The first-order valence-corrected chi connectivity index (χ1v) is 5.70. The van der Waals surface area contributed by atoms with Crippen molar-refractivity contribution in [2.24, 2.45) is 0 Å². The SMILES string of the molecule is O=C(NC(CO)C(=O)O)c1ccc(-n2ccnc2)nc1. The van der Waals surface area contributed by atoms with Gasteiger partial charge in [0.25, 0.3) is 5.91 Å². The van der Waals surface area contributed by atoms with Gasteiger partial charge < -0.3 is 15.5 Å². The number of rotatable bonds is 5. The van der Waals surface area contributed by atoms with Crippen LogP contribution in [0.3, 0.4) is 0 Å². The highest BCUT2D eigenvalue weighted by Gasteiger charge is 2.19. The molecule has 0 saturated carbocycles. The molecule has 0 bridgehead atoms. The van der Waals surface area contributed by atoms with Crippen molar-refractivity contribution in [3.63, 3.8) is 0 Å². The maximum atomic E-state index is 11.8. The van der Waals surface area contributed by atoms with Gasteiger partial charge in [0.1, 0.15) is 12.1 Å². The first-order chi connectivity index (χ1) is 9.61. The maximum absolute atomic E-state index is 11.8. The van der Waals surface area contributed by atoms with Crippen molar-refractivity contribution < 1.29 is 19.8 Å². The quantitative estimate of drug-likeness (QED) is 0.674. The number of carbonyl (C=O) groups excluding carboxylic acids is 1. The summed E-state index contributed by atoms with van der Waals surface area (Å²) in [6.07, 6.45) is 6.19. The fourth-order valence-electron chi connectivity index (χ4n) is 1.49. The number of aliphatic hydroxyl groups excluding tert-OH is 1. The van der Waals surface area contributed by atoms with Gasteiger partial charge in [0.2, 0.25) is 0 Å². The topological polar surface area (TPSA) is 117 Å². The third-order valence-corrected chi connectivity index (χ3v) is 2.56. The number of carbonyl (C=O) groups is 2. The average Bonchev–Trinajstić information content (AvgIpc) is 2.98. The van der Waals surface area contributed by atoms with Gasteiger partial charge in [-0.15, -0.1) is 0 Å². The van der Waals surface area contributed by atoms with E-state index in [9.17, 15) is 9.59 Å². The number of pyridine rings is 1. The molecule has 0 saturated heterocycles. The molecule has 0 fully saturated rings. The lowest BCUT2D eigenvalue weighted by Gasteiger charge is -2.11. The van der Waals surface area contributed by atoms with Crippen molar-refractivity contribution in [2.45, 2.75) is 6.04 Å². The van der Waals surface area contributed by atoms with Crippen LogP contribution in [-0.4, -0.2) is 49.3 Å². The van der Waals surface area contributed by atoms with Crippen LogP contribution in [0.25, 0.3) is 5.82 Å². The molecule has 1 amide bonds. The van der Waals surface area contributed by atoms with Crippen molar-refractivity contribution in [2.75, 3.05) is 6.61 Å². The summed E-state index contributed by atoms with van der Waals surface area (Å²) in [5.41, 5.74) is 0.202.